The van der Waals surface area contributed by atoms with E-state index in [1.165, 1.54) is 4.90 Å². The van der Waals surface area contributed by atoms with Gasteiger partial charge in [0.1, 0.15) is 12.3 Å². The molecule has 142 valence electrons. The summed E-state index contributed by atoms with van der Waals surface area (Å²) in [6.45, 7) is 3.43. The molecule has 1 aliphatic rings. The lowest BCUT2D eigenvalue weighted by Crippen LogP contribution is -2.37. The zero-order chi connectivity index (χ0) is 19.4. The summed E-state index contributed by atoms with van der Waals surface area (Å²) < 4.78 is 5.41. The van der Waals surface area contributed by atoms with Crippen LogP contribution in [0.25, 0.3) is 0 Å². The zero-order valence-corrected chi connectivity index (χ0v) is 16.3. The number of amides is 3. The normalized spacial score (nSPS) is 13.8. The van der Waals surface area contributed by atoms with E-state index in [2.05, 4.69) is 5.32 Å². The average Bonchev–Trinajstić information content (AvgIpc) is 2.99. The Morgan fingerprint density at radius 1 is 1.15 bits per heavy atom. The predicted molar refractivity (Wildman–Crippen MR) is 107 cm³/mol. The molecule has 0 spiro atoms. The Balaban J connectivity index is 1.60. The van der Waals surface area contributed by atoms with Gasteiger partial charge >= 0.3 is 6.03 Å². The van der Waals surface area contributed by atoms with Crippen LogP contribution in [0, 0.1) is 0 Å². The summed E-state index contributed by atoms with van der Waals surface area (Å²) in [7, 11) is 0. The summed E-state index contributed by atoms with van der Waals surface area (Å²) in [6.07, 6.45) is 0. The van der Waals surface area contributed by atoms with Gasteiger partial charge in [-0.15, -0.1) is 0 Å². The third-order valence-electron chi connectivity index (χ3n) is 4.09. The van der Waals surface area contributed by atoms with Crippen molar-refractivity contribution in [3.63, 3.8) is 0 Å². The average molecular weight is 408 g/mol. The van der Waals surface area contributed by atoms with Crippen LogP contribution >= 0.6 is 23.2 Å². The van der Waals surface area contributed by atoms with Crippen LogP contribution in [-0.4, -0.2) is 43.1 Å². The molecule has 0 saturated carbocycles. The van der Waals surface area contributed by atoms with Gasteiger partial charge in [-0.2, -0.15) is 0 Å². The van der Waals surface area contributed by atoms with Gasteiger partial charge < -0.3 is 15.0 Å². The number of anilines is 2. The van der Waals surface area contributed by atoms with Gasteiger partial charge in [0, 0.05) is 23.8 Å². The lowest BCUT2D eigenvalue weighted by Gasteiger charge is -2.19. The minimum absolute atomic E-state index is 0.0503. The van der Waals surface area contributed by atoms with Crippen molar-refractivity contribution >= 4 is 46.5 Å². The smallest absolute Gasteiger partial charge is 0.325 e. The molecular formula is C19H19Cl2N3O3. The summed E-state index contributed by atoms with van der Waals surface area (Å²) in [5.74, 6) is 0.435. The van der Waals surface area contributed by atoms with E-state index in [0.717, 1.165) is 11.4 Å². The summed E-state index contributed by atoms with van der Waals surface area (Å²) in [5.41, 5.74) is 1.23. The van der Waals surface area contributed by atoms with Crippen LogP contribution < -0.4 is 15.0 Å². The minimum Gasteiger partial charge on any atom is -0.494 e. The van der Waals surface area contributed by atoms with Crippen molar-refractivity contribution in [1.29, 1.82) is 0 Å². The van der Waals surface area contributed by atoms with Crippen molar-refractivity contribution in [1.82, 2.24) is 4.90 Å². The van der Waals surface area contributed by atoms with E-state index in [-0.39, 0.29) is 18.5 Å². The Labute approximate surface area is 167 Å². The molecule has 3 rings (SSSR count). The Morgan fingerprint density at radius 3 is 2.56 bits per heavy atom. The van der Waals surface area contributed by atoms with Gasteiger partial charge in [0.05, 0.1) is 17.3 Å². The fraction of sp³-hybridized carbons (Fsp3) is 0.263. The van der Waals surface area contributed by atoms with Crippen molar-refractivity contribution in [3.05, 3.63) is 52.5 Å². The third kappa shape index (κ3) is 4.64. The van der Waals surface area contributed by atoms with Crippen molar-refractivity contribution in [2.45, 2.75) is 6.92 Å². The lowest BCUT2D eigenvalue weighted by molar-refractivity contribution is -0.116. The molecular weight excluding hydrogens is 389 g/mol. The van der Waals surface area contributed by atoms with Crippen LogP contribution in [0.15, 0.2) is 42.5 Å². The van der Waals surface area contributed by atoms with Gasteiger partial charge in [-0.05, 0) is 49.4 Å². The number of rotatable bonds is 6. The molecule has 3 amide bonds. The summed E-state index contributed by atoms with van der Waals surface area (Å²) in [4.78, 5) is 28.0. The van der Waals surface area contributed by atoms with Crippen LogP contribution in [0.5, 0.6) is 5.75 Å². The minimum atomic E-state index is -0.318. The highest BCUT2D eigenvalue weighted by atomic mass is 35.5. The Kier molecular flexibility index (Phi) is 6.08. The second kappa shape index (κ2) is 8.50. The number of nitrogens with one attached hydrogen (secondary N) is 1. The second-order valence-corrected chi connectivity index (χ2v) is 6.80. The standard InChI is InChI=1S/C19H19Cl2N3O3/c1-2-27-15-6-4-14(5-7-15)24-10-9-23(19(24)26)12-18(25)22-17-8-3-13(20)11-16(17)21/h3-8,11H,2,9-10,12H2,1H3,(H,22,25). The van der Waals surface area contributed by atoms with Gasteiger partial charge in [0.25, 0.3) is 0 Å². The molecule has 0 unspecified atom stereocenters. The molecule has 0 radical (unpaired) electrons. The van der Waals surface area contributed by atoms with Crippen LogP contribution in [0.3, 0.4) is 0 Å². The second-order valence-electron chi connectivity index (χ2n) is 5.96. The van der Waals surface area contributed by atoms with Gasteiger partial charge in [0.15, 0.2) is 0 Å². The first-order chi connectivity index (χ1) is 13.0. The molecule has 0 aromatic heterocycles. The highest BCUT2D eigenvalue weighted by Crippen LogP contribution is 2.26. The Hall–Kier alpha value is -2.44. The van der Waals surface area contributed by atoms with Crippen molar-refractivity contribution in [2.24, 2.45) is 0 Å². The van der Waals surface area contributed by atoms with Crippen molar-refractivity contribution in [3.8, 4) is 5.75 Å². The molecule has 27 heavy (non-hydrogen) atoms. The van der Waals surface area contributed by atoms with Gasteiger partial charge in [0.2, 0.25) is 5.91 Å². The number of carbonyl (C=O) groups is 2. The maximum absolute atomic E-state index is 12.6. The molecule has 2 aromatic carbocycles. The van der Waals surface area contributed by atoms with Gasteiger partial charge in [-0.25, -0.2) is 4.79 Å². The highest BCUT2D eigenvalue weighted by molar-refractivity contribution is 6.36. The van der Waals surface area contributed by atoms with Gasteiger partial charge in [-0.3, -0.25) is 9.69 Å². The SMILES string of the molecule is CCOc1ccc(N2CCN(CC(=O)Nc3ccc(Cl)cc3Cl)C2=O)cc1. The first-order valence-corrected chi connectivity index (χ1v) is 9.27. The molecule has 6 nitrogen and oxygen atoms in total. The molecule has 2 aromatic rings. The molecule has 1 heterocycles. The Bertz CT molecular complexity index is 843. The number of benzene rings is 2. The highest BCUT2D eigenvalue weighted by Gasteiger charge is 2.30. The molecule has 1 N–H and O–H groups in total. The Morgan fingerprint density at radius 2 is 1.89 bits per heavy atom. The van der Waals surface area contributed by atoms with Crippen LogP contribution in [-0.2, 0) is 4.79 Å². The molecule has 1 saturated heterocycles. The number of nitrogens with zero attached hydrogens (tertiary/aromatic N) is 2. The molecule has 0 atom stereocenters. The summed E-state index contributed by atoms with van der Waals surface area (Å²) >= 11 is 11.9. The van der Waals surface area contributed by atoms with E-state index in [1.54, 1.807) is 23.1 Å². The van der Waals surface area contributed by atoms with Gasteiger partial charge in [-0.1, -0.05) is 23.2 Å². The zero-order valence-electron chi connectivity index (χ0n) is 14.7. The van der Waals surface area contributed by atoms with E-state index in [4.69, 9.17) is 27.9 Å². The molecule has 1 aliphatic heterocycles. The summed E-state index contributed by atoms with van der Waals surface area (Å²) in [6, 6.07) is 11.9. The monoisotopic (exact) mass is 407 g/mol. The van der Waals surface area contributed by atoms with E-state index in [1.807, 2.05) is 31.2 Å². The van der Waals surface area contributed by atoms with Crippen molar-refractivity contribution in [2.75, 3.05) is 36.5 Å². The van der Waals surface area contributed by atoms with Crippen molar-refractivity contribution < 1.29 is 14.3 Å². The number of hydrogen-bond acceptors (Lipinski definition) is 3. The first-order valence-electron chi connectivity index (χ1n) is 8.52. The van der Waals surface area contributed by atoms with Crippen LogP contribution in [0.4, 0.5) is 16.2 Å². The van der Waals surface area contributed by atoms with E-state index in [0.29, 0.717) is 35.4 Å². The van der Waals surface area contributed by atoms with Crippen LogP contribution in [0.1, 0.15) is 6.92 Å². The fourth-order valence-corrected chi connectivity index (χ4v) is 3.27. The number of ether oxygens (including phenoxy) is 1. The number of hydrogen-bond donors (Lipinski definition) is 1. The predicted octanol–water partition coefficient (Wildman–Crippen LogP) is 4.27. The summed E-state index contributed by atoms with van der Waals surface area (Å²) in [5, 5.41) is 3.53. The number of halogens is 2. The number of carbonyl (C=O) groups excluding carboxylic acids is 2. The molecule has 0 bridgehead atoms. The molecule has 1 fully saturated rings. The maximum atomic E-state index is 12.6. The van der Waals surface area contributed by atoms with E-state index in [9.17, 15) is 9.59 Å². The topological polar surface area (TPSA) is 61.9 Å². The van der Waals surface area contributed by atoms with Crippen LogP contribution in [0.2, 0.25) is 10.0 Å². The lowest BCUT2D eigenvalue weighted by atomic mass is 10.3. The van der Waals surface area contributed by atoms with E-state index < -0.39 is 0 Å². The third-order valence-corrected chi connectivity index (χ3v) is 4.64. The molecule has 8 heteroatoms. The quantitative estimate of drug-likeness (QED) is 0.777. The molecule has 0 aliphatic carbocycles. The fourth-order valence-electron chi connectivity index (χ4n) is 2.81. The maximum Gasteiger partial charge on any atom is 0.325 e. The largest absolute Gasteiger partial charge is 0.494 e. The first kappa shape index (κ1) is 19.3. The van der Waals surface area contributed by atoms with E-state index >= 15 is 0 Å². The number of urea groups is 1.